The molecule has 2 atom stereocenters. The van der Waals surface area contributed by atoms with E-state index in [1.54, 1.807) is 0 Å². The van der Waals surface area contributed by atoms with Crippen molar-refractivity contribution in [2.45, 2.75) is 155 Å². The van der Waals surface area contributed by atoms with Crippen molar-refractivity contribution in [2.75, 3.05) is 33.0 Å². The first-order valence-corrected chi connectivity index (χ1v) is 18.8. The lowest BCUT2D eigenvalue weighted by molar-refractivity contribution is -0.154. The second-order valence-corrected chi connectivity index (χ2v) is 12.8. The summed E-state index contributed by atoms with van der Waals surface area (Å²) in [6.07, 6.45) is 32.0. The minimum atomic E-state index is -4.26. The van der Waals surface area contributed by atoms with Crippen LogP contribution in [0.4, 0.5) is 0 Å². The van der Waals surface area contributed by atoms with Crippen LogP contribution in [0.25, 0.3) is 0 Å². The van der Waals surface area contributed by atoms with Gasteiger partial charge in [-0.2, -0.15) is 0 Å². The van der Waals surface area contributed by atoms with E-state index < -0.39 is 13.9 Å². The lowest BCUT2D eigenvalue weighted by atomic mass is 10.1. The molecule has 0 aromatic carbocycles. The molecule has 3 N–H and O–H groups in total. The highest BCUT2D eigenvalue weighted by Crippen LogP contribution is 2.43. The third-order valence-electron chi connectivity index (χ3n) is 7.12. The molecule has 0 aliphatic rings. The number of ether oxygens (including phenoxy) is 2. The van der Waals surface area contributed by atoms with Crippen LogP contribution in [0, 0.1) is 0 Å². The Morgan fingerprint density at radius 1 is 0.698 bits per heavy atom. The maximum atomic E-state index is 12.4. The summed E-state index contributed by atoms with van der Waals surface area (Å²) in [5.74, 6) is -0.342. The molecular formula is C34H66NO7P. The molecule has 0 aromatic rings. The molecule has 0 aromatic heterocycles. The molecule has 0 aliphatic heterocycles. The average Bonchev–Trinajstić information content (AvgIpc) is 2.99. The maximum Gasteiger partial charge on any atom is 0.472 e. The first-order chi connectivity index (χ1) is 20.9. The van der Waals surface area contributed by atoms with E-state index >= 15 is 0 Å². The van der Waals surface area contributed by atoms with Crippen molar-refractivity contribution in [2.24, 2.45) is 5.73 Å². The van der Waals surface area contributed by atoms with E-state index in [-0.39, 0.29) is 32.3 Å². The molecule has 9 heteroatoms. The number of carbonyl (C=O) groups is 1. The molecule has 0 spiro atoms. The Kier molecular flexibility index (Phi) is 31.6. The molecule has 8 nitrogen and oxygen atoms in total. The van der Waals surface area contributed by atoms with Crippen LogP contribution in [-0.4, -0.2) is 49.9 Å². The highest BCUT2D eigenvalue weighted by molar-refractivity contribution is 7.47. The summed E-state index contributed by atoms with van der Waals surface area (Å²) in [6, 6.07) is 0. The van der Waals surface area contributed by atoms with Gasteiger partial charge >= 0.3 is 13.8 Å². The van der Waals surface area contributed by atoms with E-state index in [4.69, 9.17) is 24.3 Å². The third-order valence-corrected chi connectivity index (χ3v) is 8.11. The third kappa shape index (κ3) is 32.2. The molecule has 0 saturated heterocycles. The van der Waals surface area contributed by atoms with Crippen LogP contribution in [0.1, 0.15) is 149 Å². The largest absolute Gasteiger partial charge is 0.472 e. The van der Waals surface area contributed by atoms with Gasteiger partial charge in [-0.25, -0.2) is 4.57 Å². The van der Waals surface area contributed by atoms with Crippen LogP contribution in [0.5, 0.6) is 0 Å². The van der Waals surface area contributed by atoms with Crippen molar-refractivity contribution in [3.8, 4) is 0 Å². The predicted molar refractivity (Wildman–Crippen MR) is 178 cm³/mol. The summed E-state index contributed by atoms with van der Waals surface area (Å²) >= 11 is 0. The second-order valence-electron chi connectivity index (χ2n) is 11.4. The lowest BCUT2D eigenvalue weighted by Crippen LogP contribution is -2.28. The molecular weight excluding hydrogens is 565 g/mol. The van der Waals surface area contributed by atoms with E-state index in [1.165, 1.54) is 83.5 Å². The van der Waals surface area contributed by atoms with Crippen LogP contribution in [-0.2, 0) is 27.9 Å². The number of rotatable bonds is 33. The SMILES string of the molecule is CCCCCC/C=C\C/C=C\CCCCCCCCOCC(COP(=O)(O)OCCN)OC(=O)CCCCCCCCC. The standard InChI is InChI=1S/C34H66NO7P/c1-3-5-7-9-11-12-13-14-15-16-17-18-19-20-22-24-26-29-39-31-33(32-41-43(37,38)40-30-28-35)42-34(36)27-25-23-21-10-8-6-4-2/h12-13,15-16,33H,3-11,14,17-32,35H2,1-2H3,(H,37,38)/b13-12-,16-15-. The van der Waals surface area contributed by atoms with E-state index in [9.17, 15) is 14.3 Å². The number of unbranched alkanes of at least 4 members (excludes halogenated alkanes) is 16. The fraction of sp³-hybridized carbons (Fsp3) is 0.853. The van der Waals surface area contributed by atoms with Gasteiger partial charge in [-0.3, -0.25) is 13.8 Å². The summed E-state index contributed by atoms with van der Waals surface area (Å²) < 4.78 is 33.1. The monoisotopic (exact) mass is 631 g/mol. The quantitative estimate of drug-likeness (QED) is 0.0318. The minimum absolute atomic E-state index is 0.0966. The van der Waals surface area contributed by atoms with E-state index in [0.717, 1.165) is 44.9 Å². The number of phosphoric ester groups is 1. The van der Waals surface area contributed by atoms with Gasteiger partial charge in [0.05, 0.1) is 19.8 Å². The number of esters is 1. The number of allylic oxidation sites excluding steroid dienone is 4. The molecule has 0 heterocycles. The van der Waals surface area contributed by atoms with Gasteiger partial charge in [0.25, 0.3) is 0 Å². The maximum absolute atomic E-state index is 12.4. The van der Waals surface area contributed by atoms with Crippen molar-refractivity contribution in [3.05, 3.63) is 24.3 Å². The zero-order valence-electron chi connectivity index (χ0n) is 27.7. The molecule has 0 fully saturated rings. The topological polar surface area (TPSA) is 117 Å². The van der Waals surface area contributed by atoms with Crippen LogP contribution < -0.4 is 5.73 Å². The fourth-order valence-corrected chi connectivity index (χ4v) is 5.32. The van der Waals surface area contributed by atoms with Gasteiger partial charge in [0.15, 0.2) is 0 Å². The molecule has 0 bridgehead atoms. The fourth-order valence-electron chi connectivity index (χ4n) is 4.55. The molecule has 0 radical (unpaired) electrons. The number of nitrogens with two attached hydrogens (primary N) is 1. The van der Waals surface area contributed by atoms with Gasteiger partial charge in [0, 0.05) is 19.6 Å². The second kappa shape index (κ2) is 32.4. The van der Waals surface area contributed by atoms with Crippen molar-refractivity contribution < 1.29 is 32.8 Å². The highest BCUT2D eigenvalue weighted by Gasteiger charge is 2.25. The normalized spacial score (nSPS) is 14.0. The average molecular weight is 632 g/mol. The van der Waals surface area contributed by atoms with E-state index in [1.807, 2.05) is 0 Å². The Balaban J connectivity index is 4.05. The zero-order valence-corrected chi connectivity index (χ0v) is 28.6. The minimum Gasteiger partial charge on any atom is -0.457 e. The van der Waals surface area contributed by atoms with Gasteiger partial charge in [0.2, 0.25) is 0 Å². The molecule has 2 unspecified atom stereocenters. The number of hydrogen-bond donors (Lipinski definition) is 2. The molecule has 0 saturated carbocycles. The Labute approximate surface area is 264 Å². The highest BCUT2D eigenvalue weighted by atomic mass is 31.2. The summed E-state index contributed by atoms with van der Waals surface area (Å²) in [5, 5.41) is 0. The summed E-state index contributed by atoms with van der Waals surface area (Å²) in [7, 11) is -4.26. The molecule has 43 heavy (non-hydrogen) atoms. The summed E-state index contributed by atoms with van der Waals surface area (Å²) in [4.78, 5) is 22.2. The predicted octanol–water partition coefficient (Wildman–Crippen LogP) is 9.35. The van der Waals surface area contributed by atoms with Crippen molar-refractivity contribution in [1.29, 1.82) is 0 Å². The van der Waals surface area contributed by atoms with Gasteiger partial charge in [-0.1, -0.05) is 122 Å². The van der Waals surface area contributed by atoms with Crippen molar-refractivity contribution in [1.82, 2.24) is 0 Å². The van der Waals surface area contributed by atoms with Crippen molar-refractivity contribution in [3.63, 3.8) is 0 Å². The molecule has 0 rings (SSSR count). The van der Waals surface area contributed by atoms with Gasteiger partial charge in [0.1, 0.15) is 6.10 Å². The summed E-state index contributed by atoms with van der Waals surface area (Å²) in [5.41, 5.74) is 5.33. The van der Waals surface area contributed by atoms with Crippen LogP contribution >= 0.6 is 7.82 Å². The van der Waals surface area contributed by atoms with Gasteiger partial charge in [-0.15, -0.1) is 0 Å². The van der Waals surface area contributed by atoms with Crippen LogP contribution in [0.2, 0.25) is 0 Å². The van der Waals surface area contributed by atoms with Crippen molar-refractivity contribution >= 4 is 13.8 Å². The Morgan fingerprint density at radius 2 is 1.23 bits per heavy atom. The lowest BCUT2D eigenvalue weighted by Gasteiger charge is -2.20. The Bertz CT molecular complexity index is 717. The summed E-state index contributed by atoms with van der Waals surface area (Å²) in [6.45, 7) is 4.82. The molecule has 254 valence electrons. The number of carbonyl (C=O) groups excluding carboxylic acids is 1. The Morgan fingerprint density at radius 3 is 1.84 bits per heavy atom. The number of phosphoric acid groups is 1. The molecule has 0 aliphatic carbocycles. The first-order valence-electron chi connectivity index (χ1n) is 17.3. The molecule has 0 amide bonds. The van der Waals surface area contributed by atoms with E-state index in [2.05, 4.69) is 38.2 Å². The van der Waals surface area contributed by atoms with Crippen LogP contribution in [0.15, 0.2) is 24.3 Å². The van der Waals surface area contributed by atoms with Gasteiger partial charge in [-0.05, 0) is 44.9 Å². The Hall–Kier alpha value is -1.02. The van der Waals surface area contributed by atoms with E-state index in [0.29, 0.717) is 13.0 Å². The zero-order chi connectivity index (χ0) is 31.7. The first kappa shape index (κ1) is 42.0. The van der Waals surface area contributed by atoms with Crippen LogP contribution in [0.3, 0.4) is 0 Å². The van der Waals surface area contributed by atoms with Gasteiger partial charge < -0.3 is 20.1 Å². The smallest absolute Gasteiger partial charge is 0.457 e. The number of hydrogen-bond acceptors (Lipinski definition) is 7.